The van der Waals surface area contributed by atoms with Crippen molar-refractivity contribution in [3.05, 3.63) is 34.9 Å². The fourth-order valence-corrected chi connectivity index (χ4v) is 3.03. The van der Waals surface area contributed by atoms with Gasteiger partial charge < -0.3 is 5.32 Å². The molecule has 0 saturated carbocycles. The molecule has 100 valence electrons. The highest BCUT2D eigenvalue weighted by atomic mass is 35.5. The van der Waals surface area contributed by atoms with Crippen molar-refractivity contribution in [2.24, 2.45) is 5.92 Å². The number of benzene rings is 1. The summed E-state index contributed by atoms with van der Waals surface area (Å²) in [6.45, 7) is 9.00. The number of nitrogens with zero attached hydrogens (tertiary/aromatic N) is 1. The van der Waals surface area contributed by atoms with Crippen LogP contribution in [0.15, 0.2) is 24.3 Å². The summed E-state index contributed by atoms with van der Waals surface area (Å²) in [5.41, 5.74) is 1.25. The molecule has 1 aliphatic rings. The molecule has 0 aromatic heterocycles. The van der Waals surface area contributed by atoms with Crippen LogP contribution in [0.1, 0.15) is 31.9 Å². The fraction of sp³-hybridized carbons (Fsp3) is 0.600. The van der Waals surface area contributed by atoms with Gasteiger partial charge in [-0.05, 0) is 50.5 Å². The molecule has 0 radical (unpaired) electrons. The fourth-order valence-electron chi connectivity index (χ4n) is 2.74. The average molecular weight is 267 g/mol. The highest BCUT2D eigenvalue weighted by Crippen LogP contribution is 2.30. The number of hydrogen-bond acceptors (Lipinski definition) is 2. The maximum absolute atomic E-state index is 6.28. The first kappa shape index (κ1) is 13.9. The second-order valence-corrected chi connectivity index (χ2v) is 5.56. The quantitative estimate of drug-likeness (QED) is 0.880. The monoisotopic (exact) mass is 266 g/mol. The average Bonchev–Trinajstić information content (AvgIpc) is 2.85. The summed E-state index contributed by atoms with van der Waals surface area (Å²) in [5, 5.41) is 4.34. The van der Waals surface area contributed by atoms with Crippen LogP contribution in [0.2, 0.25) is 5.02 Å². The van der Waals surface area contributed by atoms with Crippen molar-refractivity contribution >= 4 is 11.6 Å². The number of hydrogen-bond donors (Lipinski definition) is 1. The molecule has 0 spiro atoms. The zero-order chi connectivity index (χ0) is 13.0. The molecule has 2 rings (SSSR count). The largest absolute Gasteiger partial charge is 0.317 e. The maximum Gasteiger partial charge on any atom is 0.0453 e. The van der Waals surface area contributed by atoms with Gasteiger partial charge >= 0.3 is 0 Å². The first-order valence-electron chi connectivity index (χ1n) is 6.91. The number of halogens is 1. The summed E-state index contributed by atoms with van der Waals surface area (Å²) < 4.78 is 0. The van der Waals surface area contributed by atoms with Crippen LogP contribution < -0.4 is 5.32 Å². The molecule has 1 fully saturated rings. The van der Waals surface area contributed by atoms with Gasteiger partial charge in [0.05, 0.1) is 0 Å². The lowest BCUT2D eigenvalue weighted by molar-refractivity contribution is 0.252. The van der Waals surface area contributed by atoms with Crippen LogP contribution in [0.25, 0.3) is 0 Å². The standard InChI is InChI=1S/C15H23ClN2/c1-3-17-10-13-8-9-18(11-13)12(2)14-6-4-5-7-15(14)16/h4-7,12-13,17H,3,8-11H2,1-2H3. The Balaban J connectivity index is 1.95. The summed E-state index contributed by atoms with van der Waals surface area (Å²) in [6, 6.07) is 8.62. The van der Waals surface area contributed by atoms with E-state index < -0.39 is 0 Å². The molecule has 2 atom stereocenters. The maximum atomic E-state index is 6.28. The van der Waals surface area contributed by atoms with Crippen molar-refractivity contribution in [3.63, 3.8) is 0 Å². The highest BCUT2D eigenvalue weighted by Gasteiger charge is 2.27. The van der Waals surface area contributed by atoms with Crippen molar-refractivity contribution in [2.75, 3.05) is 26.2 Å². The first-order valence-corrected chi connectivity index (χ1v) is 7.29. The van der Waals surface area contributed by atoms with Crippen molar-refractivity contribution in [1.29, 1.82) is 0 Å². The van der Waals surface area contributed by atoms with E-state index in [9.17, 15) is 0 Å². The van der Waals surface area contributed by atoms with Gasteiger partial charge in [-0.25, -0.2) is 0 Å². The molecule has 1 aromatic carbocycles. The highest BCUT2D eigenvalue weighted by molar-refractivity contribution is 6.31. The lowest BCUT2D eigenvalue weighted by atomic mass is 10.1. The van der Waals surface area contributed by atoms with Crippen LogP contribution in [0.5, 0.6) is 0 Å². The lowest BCUT2D eigenvalue weighted by Gasteiger charge is -2.25. The minimum atomic E-state index is 0.422. The van der Waals surface area contributed by atoms with Crippen LogP contribution >= 0.6 is 11.6 Å². The molecule has 1 heterocycles. The van der Waals surface area contributed by atoms with E-state index in [1.165, 1.54) is 25.1 Å². The van der Waals surface area contributed by atoms with E-state index in [0.29, 0.717) is 6.04 Å². The molecule has 1 aromatic rings. The Morgan fingerprint density at radius 2 is 2.22 bits per heavy atom. The van der Waals surface area contributed by atoms with Crippen LogP contribution in [-0.4, -0.2) is 31.1 Å². The zero-order valence-electron chi connectivity index (χ0n) is 11.3. The molecule has 0 amide bonds. The van der Waals surface area contributed by atoms with Gasteiger partial charge in [0.1, 0.15) is 0 Å². The van der Waals surface area contributed by atoms with Crippen LogP contribution in [0, 0.1) is 5.92 Å². The van der Waals surface area contributed by atoms with Gasteiger partial charge in [-0.15, -0.1) is 0 Å². The van der Waals surface area contributed by atoms with Gasteiger partial charge in [-0.1, -0.05) is 36.7 Å². The molecule has 2 unspecified atom stereocenters. The molecule has 1 N–H and O–H groups in total. The third kappa shape index (κ3) is 3.25. The smallest absolute Gasteiger partial charge is 0.0453 e. The van der Waals surface area contributed by atoms with Gasteiger partial charge in [0.25, 0.3) is 0 Å². The zero-order valence-corrected chi connectivity index (χ0v) is 12.1. The Kier molecular flexibility index (Phi) is 5.04. The third-order valence-corrected chi connectivity index (χ3v) is 4.25. The van der Waals surface area contributed by atoms with Crippen molar-refractivity contribution in [1.82, 2.24) is 10.2 Å². The minimum Gasteiger partial charge on any atom is -0.317 e. The van der Waals surface area contributed by atoms with Crippen molar-refractivity contribution in [3.8, 4) is 0 Å². The molecule has 18 heavy (non-hydrogen) atoms. The third-order valence-electron chi connectivity index (χ3n) is 3.90. The Morgan fingerprint density at radius 3 is 2.94 bits per heavy atom. The summed E-state index contributed by atoms with van der Waals surface area (Å²) in [4.78, 5) is 2.54. The lowest BCUT2D eigenvalue weighted by Crippen LogP contribution is -2.28. The Morgan fingerprint density at radius 1 is 1.44 bits per heavy atom. The summed E-state index contributed by atoms with van der Waals surface area (Å²) in [6.07, 6.45) is 1.29. The molecule has 1 aliphatic heterocycles. The first-order chi connectivity index (χ1) is 8.72. The second-order valence-electron chi connectivity index (χ2n) is 5.15. The van der Waals surface area contributed by atoms with E-state index in [0.717, 1.165) is 24.0 Å². The summed E-state index contributed by atoms with van der Waals surface area (Å²) in [5.74, 6) is 0.787. The van der Waals surface area contributed by atoms with E-state index in [-0.39, 0.29) is 0 Å². The summed E-state index contributed by atoms with van der Waals surface area (Å²) >= 11 is 6.28. The van der Waals surface area contributed by atoms with E-state index >= 15 is 0 Å². The van der Waals surface area contributed by atoms with E-state index in [2.05, 4.69) is 36.2 Å². The Bertz CT molecular complexity index is 381. The molecule has 1 saturated heterocycles. The molecule has 0 aliphatic carbocycles. The predicted octanol–water partition coefficient (Wildman–Crippen LogP) is 3.33. The Labute approximate surface area is 115 Å². The number of nitrogens with one attached hydrogen (secondary N) is 1. The van der Waals surface area contributed by atoms with E-state index in [1.54, 1.807) is 0 Å². The van der Waals surface area contributed by atoms with Crippen LogP contribution in [0.3, 0.4) is 0 Å². The van der Waals surface area contributed by atoms with Crippen LogP contribution in [-0.2, 0) is 0 Å². The number of likely N-dealkylation sites (tertiary alicyclic amines) is 1. The molecular formula is C15H23ClN2. The number of rotatable bonds is 5. The normalized spacial score (nSPS) is 22.3. The topological polar surface area (TPSA) is 15.3 Å². The van der Waals surface area contributed by atoms with Gasteiger partial charge in [0.15, 0.2) is 0 Å². The molecule has 0 bridgehead atoms. The molecular weight excluding hydrogens is 244 g/mol. The SMILES string of the molecule is CCNCC1CCN(C(C)c2ccccc2Cl)C1. The molecule has 2 nitrogen and oxygen atoms in total. The van der Waals surface area contributed by atoms with Gasteiger partial charge in [0, 0.05) is 17.6 Å². The van der Waals surface area contributed by atoms with E-state index in [1.807, 2.05) is 12.1 Å². The van der Waals surface area contributed by atoms with Gasteiger partial charge in [0.2, 0.25) is 0 Å². The second kappa shape index (κ2) is 6.55. The Hall–Kier alpha value is -0.570. The van der Waals surface area contributed by atoms with E-state index in [4.69, 9.17) is 11.6 Å². The van der Waals surface area contributed by atoms with Gasteiger partial charge in [-0.3, -0.25) is 4.90 Å². The minimum absolute atomic E-state index is 0.422. The van der Waals surface area contributed by atoms with Crippen molar-refractivity contribution < 1.29 is 0 Å². The summed E-state index contributed by atoms with van der Waals surface area (Å²) in [7, 11) is 0. The molecule has 3 heteroatoms. The van der Waals surface area contributed by atoms with Crippen LogP contribution in [0.4, 0.5) is 0 Å². The predicted molar refractivity (Wildman–Crippen MR) is 78.1 cm³/mol. The van der Waals surface area contributed by atoms with Gasteiger partial charge in [-0.2, -0.15) is 0 Å². The van der Waals surface area contributed by atoms with Crippen molar-refractivity contribution in [2.45, 2.75) is 26.3 Å².